The lowest BCUT2D eigenvalue weighted by atomic mass is 10.1. The first-order valence-electron chi connectivity index (χ1n) is 9.67. The minimum atomic E-state index is -3.31. The molecule has 1 aromatic heterocycles. The van der Waals surface area contributed by atoms with E-state index in [0.717, 1.165) is 22.4 Å². The van der Waals surface area contributed by atoms with Gasteiger partial charge in [-0.05, 0) is 54.1 Å². The number of nitrogens with zero attached hydrogens (tertiary/aromatic N) is 1. The fourth-order valence-electron chi connectivity index (χ4n) is 3.13. The van der Waals surface area contributed by atoms with Crippen LogP contribution in [0.4, 0.5) is 4.39 Å². The molecule has 0 aliphatic rings. The molecule has 32 heavy (non-hydrogen) atoms. The summed E-state index contributed by atoms with van der Waals surface area (Å²) < 4.78 is 49.1. The molecule has 0 saturated heterocycles. The maximum Gasteiger partial charge on any atom is 0.175 e. The zero-order chi connectivity index (χ0) is 22.7. The summed E-state index contributed by atoms with van der Waals surface area (Å²) in [6.07, 6.45) is 1.16. The van der Waals surface area contributed by atoms with E-state index in [1.165, 1.54) is 17.4 Å². The highest BCUT2D eigenvalue weighted by Crippen LogP contribution is 2.38. The minimum Gasteiger partial charge on any atom is -0.497 e. The average molecular weight is 470 g/mol. The molecule has 0 atom stereocenters. The van der Waals surface area contributed by atoms with E-state index in [2.05, 4.69) is 4.98 Å². The number of hydrogen-bond acceptors (Lipinski definition) is 6. The van der Waals surface area contributed by atoms with Gasteiger partial charge in [-0.1, -0.05) is 24.3 Å². The van der Waals surface area contributed by atoms with Gasteiger partial charge in [0.05, 0.1) is 22.6 Å². The first-order valence-corrected chi connectivity index (χ1v) is 12.4. The maximum atomic E-state index is 14.6. The van der Waals surface area contributed by atoms with Gasteiger partial charge in [-0.3, -0.25) is 0 Å². The van der Waals surface area contributed by atoms with Crippen molar-refractivity contribution in [2.45, 2.75) is 11.5 Å². The van der Waals surface area contributed by atoms with Crippen LogP contribution >= 0.6 is 11.3 Å². The Morgan fingerprint density at radius 2 is 1.59 bits per heavy atom. The predicted molar refractivity (Wildman–Crippen MR) is 123 cm³/mol. The smallest absolute Gasteiger partial charge is 0.175 e. The fraction of sp³-hybridized carbons (Fsp3) is 0.125. The molecular weight excluding hydrogens is 449 g/mol. The van der Waals surface area contributed by atoms with Crippen LogP contribution in [0.2, 0.25) is 0 Å². The largest absolute Gasteiger partial charge is 0.497 e. The molecule has 0 N–H and O–H groups in total. The van der Waals surface area contributed by atoms with Gasteiger partial charge in [0.2, 0.25) is 0 Å². The molecule has 0 amide bonds. The van der Waals surface area contributed by atoms with E-state index < -0.39 is 9.84 Å². The van der Waals surface area contributed by atoms with Crippen LogP contribution in [0.5, 0.6) is 11.5 Å². The highest BCUT2D eigenvalue weighted by molar-refractivity contribution is 7.90. The van der Waals surface area contributed by atoms with Gasteiger partial charge in [-0.25, -0.2) is 17.8 Å². The molecule has 0 saturated carbocycles. The molecule has 3 aromatic carbocycles. The maximum absolute atomic E-state index is 14.6. The second-order valence-electron chi connectivity index (χ2n) is 7.03. The van der Waals surface area contributed by atoms with Crippen molar-refractivity contribution in [2.24, 2.45) is 0 Å². The second kappa shape index (κ2) is 9.10. The van der Waals surface area contributed by atoms with E-state index >= 15 is 0 Å². The van der Waals surface area contributed by atoms with E-state index in [1.807, 2.05) is 0 Å². The molecule has 4 rings (SSSR count). The van der Waals surface area contributed by atoms with Crippen molar-refractivity contribution in [1.29, 1.82) is 0 Å². The molecular formula is C24H20FNO4S2. The normalized spacial score (nSPS) is 11.3. The van der Waals surface area contributed by atoms with Gasteiger partial charge in [0.15, 0.2) is 9.84 Å². The summed E-state index contributed by atoms with van der Waals surface area (Å²) in [5, 5.41) is 0.668. The van der Waals surface area contributed by atoms with Crippen LogP contribution in [-0.2, 0) is 16.4 Å². The van der Waals surface area contributed by atoms with Crippen LogP contribution in [0.1, 0.15) is 5.01 Å². The summed E-state index contributed by atoms with van der Waals surface area (Å²) in [7, 11) is -1.71. The fourth-order valence-corrected chi connectivity index (χ4v) is 4.76. The predicted octanol–water partition coefficient (Wildman–Crippen LogP) is 5.61. The zero-order valence-electron chi connectivity index (χ0n) is 17.4. The number of benzene rings is 3. The van der Waals surface area contributed by atoms with E-state index in [4.69, 9.17) is 9.47 Å². The van der Waals surface area contributed by atoms with Crippen LogP contribution in [0, 0.1) is 5.82 Å². The van der Waals surface area contributed by atoms with Gasteiger partial charge < -0.3 is 9.47 Å². The quantitative estimate of drug-likeness (QED) is 0.352. The number of ether oxygens (including phenoxy) is 2. The lowest BCUT2D eigenvalue weighted by Crippen LogP contribution is -1.96. The lowest BCUT2D eigenvalue weighted by molar-refractivity contribution is 0.305. The van der Waals surface area contributed by atoms with Crippen LogP contribution < -0.4 is 9.47 Å². The first-order chi connectivity index (χ1) is 15.3. The third-order valence-electron chi connectivity index (χ3n) is 4.77. The summed E-state index contributed by atoms with van der Waals surface area (Å²) >= 11 is 1.38. The molecule has 0 spiro atoms. The van der Waals surface area contributed by atoms with E-state index in [-0.39, 0.29) is 17.3 Å². The number of halogens is 1. The van der Waals surface area contributed by atoms with Crippen molar-refractivity contribution in [1.82, 2.24) is 4.98 Å². The van der Waals surface area contributed by atoms with E-state index in [9.17, 15) is 12.8 Å². The minimum absolute atomic E-state index is 0.208. The van der Waals surface area contributed by atoms with Gasteiger partial charge in [-0.15, -0.1) is 11.3 Å². The van der Waals surface area contributed by atoms with Crippen LogP contribution in [0.15, 0.2) is 77.7 Å². The van der Waals surface area contributed by atoms with Crippen molar-refractivity contribution in [3.8, 4) is 33.2 Å². The van der Waals surface area contributed by atoms with Gasteiger partial charge in [0.1, 0.15) is 28.9 Å². The van der Waals surface area contributed by atoms with Crippen LogP contribution in [0.3, 0.4) is 0 Å². The number of sulfone groups is 1. The Kier molecular flexibility index (Phi) is 6.25. The Morgan fingerprint density at radius 3 is 2.22 bits per heavy atom. The monoisotopic (exact) mass is 469 g/mol. The Hall–Kier alpha value is -3.23. The molecule has 0 fully saturated rings. The second-order valence-corrected chi connectivity index (χ2v) is 10.1. The standard InChI is InChI=1S/C24H20FNO4S2/c1-29-17-9-11-18(12-10-17)30-15-22-26-23(20-5-3-4-6-21(20)25)24(31-22)16-7-13-19(14-8-16)32(2,27)28/h3-14H,15H2,1-2H3. The Balaban J connectivity index is 1.69. The van der Waals surface area contributed by atoms with Crippen LogP contribution in [0.25, 0.3) is 21.7 Å². The van der Waals surface area contributed by atoms with Gasteiger partial charge >= 0.3 is 0 Å². The molecule has 0 aliphatic carbocycles. The third-order valence-corrected chi connectivity index (χ3v) is 6.97. The third kappa shape index (κ3) is 4.81. The highest BCUT2D eigenvalue weighted by Gasteiger charge is 2.18. The van der Waals surface area contributed by atoms with E-state index in [0.29, 0.717) is 22.0 Å². The molecule has 0 bridgehead atoms. The molecule has 4 aromatic rings. The number of thiazole rings is 1. The molecule has 5 nitrogen and oxygen atoms in total. The van der Waals surface area contributed by atoms with Crippen molar-refractivity contribution in [3.05, 3.63) is 83.6 Å². The number of aromatic nitrogens is 1. The average Bonchev–Trinajstić information content (AvgIpc) is 3.22. The topological polar surface area (TPSA) is 65.5 Å². The Morgan fingerprint density at radius 1 is 0.938 bits per heavy atom. The summed E-state index contributed by atoms with van der Waals surface area (Å²) in [5.41, 5.74) is 1.62. The summed E-state index contributed by atoms with van der Waals surface area (Å²) in [6, 6.07) is 20.2. The van der Waals surface area contributed by atoms with Crippen molar-refractivity contribution < 1.29 is 22.3 Å². The SMILES string of the molecule is COc1ccc(OCc2nc(-c3ccccc3F)c(-c3ccc(S(C)(=O)=O)cc3)s2)cc1. The molecule has 0 aliphatic heterocycles. The van der Waals surface area contributed by atoms with Gasteiger partial charge in [0.25, 0.3) is 0 Å². The molecule has 8 heteroatoms. The van der Waals surface area contributed by atoms with Gasteiger partial charge in [-0.2, -0.15) is 0 Å². The summed E-state index contributed by atoms with van der Waals surface area (Å²) in [5.74, 6) is 1.01. The lowest BCUT2D eigenvalue weighted by Gasteiger charge is -2.05. The molecule has 0 radical (unpaired) electrons. The Bertz CT molecular complexity index is 1330. The first kappa shape index (κ1) is 22.0. The molecule has 1 heterocycles. The zero-order valence-corrected chi connectivity index (χ0v) is 19.0. The van der Waals surface area contributed by atoms with Crippen LogP contribution in [-0.4, -0.2) is 26.8 Å². The molecule has 164 valence electrons. The molecule has 0 unspecified atom stereocenters. The van der Waals surface area contributed by atoms with Crippen molar-refractivity contribution in [3.63, 3.8) is 0 Å². The summed E-state index contributed by atoms with van der Waals surface area (Å²) in [6.45, 7) is 0.208. The number of hydrogen-bond donors (Lipinski definition) is 0. The van der Waals surface area contributed by atoms with Crippen molar-refractivity contribution in [2.75, 3.05) is 13.4 Å². The van der Waals surface area contributed by atoms with Crippen molar-refractivity contribution >= 4 is 21.2 Å². The van der Waals surface area contributed by atoms with Gasteiger partial charge in [0, 0.05) is 11.8 Å². The number of methoxy groups -OCH3 is 1. The highest BCUT2D eigenvalue weighted by atomic mass is 32.2. The summed E-state index contributed by atoms with van der Waals surface area (Å²) in [4.78, 5) is 5.61. The van der Waals surface area contributed by atoms with E-state index in [1.54, 1.807) is 73.8 Å². The Labute approximate surface area is 190 Å². The number of rotatable bonds is 7.